The molecule has 5 heteroatoms. The first-order chi connectivity index (χ1) is 10.9. The Morgan fingerprint density at radius 1 is 0.909 bits per heavy atom. The summed E-state index contributed by atoms with van der Waals surface area (Å²) < 4.78 is 1.80. The van der Waals surface area contributed by atoms with Gasteiger partial charge in [-0.05, 0) is 6.07 Å². The number of hydrogen-bond donors (Lipinski definition) is 1. The number of nitrogens with one attached hydrogen (secondary N) is 1. The van der Waals surface area contributed by atoms with Crippen LogP contribution in [-0.2, 0) is 0 Å². The van der Waals surface area contributed by atoms with Crippen molar-refractivity contribution in [3.05, 3.63) is 60.8 Å². The summed E-state index contributed by atoms with van der Waals surface area (Å²) in [4.78, 5) is 12.3. The second-order valence-electron chi connectivity index (χ2n) is 5.20. The number of H-pyrrole nitrogens is 1. The number of aromatic amines is 1. The molecule has 22 heavy (non-hydrogen) atoms. The Balaban J connectivity index is 1.89. The summed E-state index contributed by atoms with van der Waals surface area (Å²) in [5.41, 5.74) is 4.67. The van der Waals surface area contributed by atoms with E-state index in [1.54, 1.807) is 4.52 Å². The minimum atomic E-state index is 0.595. The molecule has 5 nitrogen and oxygen atoms in total. The third-order valence-corrected chi connectivity index (χ3v) is 3.86. The Kier molecular flexibility index (Phi) is 2.16. The molecule has 0 unspecified atom stereocenters. The van der Waals surface area contributed by atoms with Crippen LogP contribution in [0.15, 0.2) is 60.8 Å². The summed E-state index contributed by atoms with van der Waals surface area (Å²) in [6, 6.07) is 18.2. The molecule has 0 spiro atoms. The van der Waals surface area contributed by atoms with Crippen molar-refractivity contribution in [1.82, 2.24) is 24.6 Å². The number of nitrogens with zero attached hydrogens (tertiary/aromatic N) is 4. The van der Waals surface area contributed by atoms with Crippen molar-refractivity contribution in [1.29, 1.82) is 0 Å². The Morgan fingerprint density at radius 3 is 2.64 bits per heavy atom. The molecule has 3 aromatic heterocycles. The van der Waals surface area contributed by atoms with Crippen LogP contribution < -0.4 is 0 Å². The van der Waals surface area contributed by atoms with Crippen molar-refractivity contribution in [2.45, 2.75) is 0 Å². The predicted molar refractivity (Wildman–Crippen MR) is 85.6 cm³/mol. The third-order valence-electron chi connectivity index (χ3n) is 3.86. The van der Waals surface area contributed by atoms with Crippen molar-refractivity contribution in [2.75, 3.05) is 0 Å². The second-order valence-corrected chi connectivity index (χ2v) is 5.20. The van der Waals surface area contributed by atoms with Gasteiger partial charge in [0.15, 0.2) is 5.65 Å². The lowest BCUT2D eigenvalue weighted by molar-refractivity contribution is 0.949. The third kappa shape index (κ3) is 1.50. The molecule has 0 saturated carbocycles. The van der Waals surface area contributed by atoms with Crippen LogP contribution in [0.1, 0.15) is 0 Å². The van der Waals surface area contributed by atoms with Crippen molar-refractivity contribution in [3.8, 4) is 11.3 Å². The first-order valence-electron chi connectivity index (χ1n) is 7.08. The molecule has 104 valence electrons. The number of para-hydroxylation sites is 1. The highest BCUT2D eigenvalue weighted by atomic mass is 15.3. The van der Waals surface area contributed by atoms with Crippen LogP contribution >= 0.6 is 0 Å². The molecule has 0 bridgehead atoms. The van der Waals surface area contributed by atoms with Crippen molar-refractivity contribution < 1.29 is 0 Å². The smallest absolute Gasteiger partial charge is 0.253 e. The van der Waals surface area contributed by atoms with Crippen LogP contribution in [0.2, 0.25) is 0 Å². The number of imidazole rings is 1. The van der Waals surface area contributed by atoms with Gasteiger partial charge >= 0.3 is 0 Å². The van der Waals surface area contributed by atoms with Gasteiger partial charge in [-0.2, -0.15) is 14.6 Å². The van der Waals surface area contributed by atoms with Crippen LogP contribution in [0, 0.1) is 0 Å². The van der Waals surface area contributed by atoms with E-state index in [0.717, 1.165) is 33.3 Å². The van der Waals surface area contributed by atoms with E-state index in [1.165, 1.54) is 0 Å². The molecule has 2 aromatic carbocycles. The fraction of sp³-hybridized carbons (Fsp3) is 0. The van der Waals surface area contributed by atoms with Gasteiger partial charge < -0.3 is 4.98 Å². The lowest BCUT2D eigenvalue weighted by atomic mass is 10.2. The SMILES string of the molecule is c1ccc(-c2cnc3nc4[nH]c5ccccc5c4nn23)cc1. The van der Waals surface area contributed by atoms with Gasteiger partial charge in [0.05, 0.1) is 11.9 Å². The Labute approximate surface area is 125 Å². The monoisotopic (exact) mass is 285 g/mol. The molecule has 0 atom stereocenters. The molecular formula is C17H11N5. The van der Waals surface area contributed by atoms with E-state index in [9.17, 15) is 0 Å². The molecule has 0 aliphatic heterocycles. The zero-order valence-corrected chi connectivity index (χ0v) is 11.6. The van der Waals surface area contributed by atoms with Crippen molar-refractivity contribution >= 4 is 27.8 Å². The average Bonchev–Trinajstić information content (AvgIpc) is 3.14. The lowest BCUT2D eigenvalue weighted by Gasteiger charge is -2.00. The van der Waals surface area contributed by atoms with E-state index >= 15 is 0 Å². The molecular weight excluding hydrogens is 274 g/mol. The molecule has 0 radical (unpaired) electrons. The normalized spacial score (nSPS) is 11.6. The average molecular weight is 285 g/mol. The Morgan fingerprint density at radius 2 is 1.73 bits per heavy atom. The number of aromatic nitrogens is 5. The molecule has 5 rings (SSSR count). The van der Waals surface area contributed by atoms with E-state index in [1.807, 2.05) is 60.8 Å². The minimum absolute atomic E-state index is 0.595. The molecule has 0 aliphatic carbocycles. The number of fused-ring (bicyclic) bond motifs is 4. The highest BCUT2D eigenvalue weighted by Crippen LogP contribution is 2.24. The maximum atomic E-state index is 4.76. The van der Waals surface area contributed by atoms with Crippen molar-refractivity contribution in [2.24, 2.45) is 0 Å². The lowest BCUT2D eigenvalue weighted by Crippen LogP contribution is -1.97. The molecule has 0 saturated heterocycles. The van der Waals surface area contributed by atoms with Gasteiger partial charge in [-0.1, -0.05) is 48.5 Å². The topological polar surface area (TPSA) is 58.9 Å². The van der Waals surface area contributed by atoms with E-state index in [0.29, 0.717) is 5.78 Å². The molecule has 1 N–H and O–H groups in total. The van der Waals surface area contributed by atoms with Gasteiger partial charge in [0.25, 0.3) is 5.78 Å². The summed E-state index contributed by atoms with van der Waals surface area (Å²) in [6.45, 7) is 0. The molecule has 0 amide bonds. The van der Waals surface area contributed by atoms with E-state index < -0.39 is 0 Å². The molecule has 5 aromatic rings. The molecule has 3 heterocycles. The molecule has 0 aliphatic rings. The summed E-state index contributed by atoms with van der Waals surface area (Å²) in [5.74, 6) is 0.595. The van der Waals surface area contributed by atoms with E-state index in [2.05, 4.69) is 15.0 Å². The fourth-order valence-corrected chi connectivity index (χ4v) is 2.81. The Hall–Kier alpha value is -3.21. The van der Waals surface area contributed by atoms with Crippen molar-refractivity contribution in [3.63, 3.8) is 0 Å². The fourth-order valence-electron chi connectivity index (χ4n) is 2.81. The van der Waals surface area contributed by atoms with Crippen LogP contribution in [0.25, 0.3) is 39.1 Å². The van der Waals surface area contributed by atoms with Gasteiger partial charge in [-0.15, -0.1) is 0 Å². The van der Waals surface area contributed by atoms with Crippen LogP contribution in [0.4, 0.5) is 0 Å². The standard InChI is InChI=1S/C17H11N5/c1-2-6-11(7-3-1)14-10-18-17-20-16-15(21-22(14)17)12-8-4-5-9-13(12)19-16/h1-10H,(H,18,19,20). The molecule has 0 fully saturated rings. The van der Waals surface area contributed by atoms with Gasteiger partial charge in [0.2, 0.25) is 0 Å². The van der Waals surface area contributed by atoms with Gasteiger partial charge in [0.1, 0.15) is 5.52 Å². The largest absolute Gasteiger partial charge is 0.338 e. The summed E-state index contributed by atoms with van der Waals surface area (Å²) in [6.07, 6.45) is 1.81. The van der Waals surface area contributed by atoms with Crippen LogP contribution in [-0.4, -0.2) is 24.6 Å². The Bertz CT molecular complexity index is 1120. The van der Waals surface area contributed by atoms with Gasteiger partial charge in [-0.25, -0.2) is 4.98 Å². The zero-order chi connectivity index (χ0) is 14.5. The van der Waals surface area contributed by atoms with E-state index in [-0.39, 0.29) is 0 Å². The first kappa shape index (κ1) is 11.4. The number of hydrogen-bond acceptors (Lipinski definition) is 3. The number of benzene rings is 2. The van der Waals surface area contributed by atoms with Crippen LogP contribution in [0.5, 0.6) is 0 Å². The van der Waals surface area contributed by atoms with E-state index in [4.69, 9.17) is 5.10 Å². The van der Waals surface area contributed by atoms with Crippen LogP contribution in [0.3, 0.4) is 0 Å². The zero-order valence-electron chi connectivity index (χ0n) is 11.6. The second kappa shape index (κ2) is 4.14. The summed E-state index contributed by atoms with van der Waals surface area (Å²) in [7, 11) is 0. The summed E-state index contributed by atoms with van der Waals surface area (Å²) in [5, 5.41) is 5.83. The predicted octanol–water partition coefficient (Wildman–Crippen LogP) is 3.43. The first-order valence-corrected chi connectivity index (χ1v) is 7.08. The maximum Gasteiger partial charge on any atom is 0.253 e. The highest BCUT2D eigenvalue weighted by molar-refractivity contribution is 6.03. The number of rotatable bonds is 1. The quantitative estimate of drug-likeness (QED) is 0.513. The summed E-state index contributed by atoms with van der Waals surface area (Å²) >= 11 is 0. The van der Waals surface area contributed by atoms with Gasteiger partial charge in [0, 0.05) is 16.5 Å². The minimum Gasteiger partial charge on any atom is -0.338 e. The maximum absolute atomic E-state index is 4.76. The highest BCUT2D eigenvalue weighted by Gasteiger charge is 2.12. The van der Waals surface area contributed by atoms with Gasteiger partial charge in [-0.3, -0.25) is 0 Å².